The summed E-state index contributed by atoms with van der Waals surface area (Å²) in [7, 11) is -5.14. The number of carbonyl (C=O) groups excluding carboxylic acids is 3. The summed E-state index contributed by atoms with van der Waals surface area (Å²) in [5.41, 5.74) is 4.92. The lowest BCUT2D eigenvalue weighted by molar-refractivity contribution is -0.777. The van der Waals surface area contributed by atoms with Crippen LogP contribution in [0.3, 0.4) is 0 Å². The zero-order valence-electron chi connectivity index (χ0n) is 29.5. The summed E-state index contributed by atoms with van der Waals surface area (Å²) in [6, 6.07) is 26.6. The number of nitrogens with two attached hydrogens (primary N) is 1. The molecule has 18 heteroatoms. The van der Waals surface area contributed by atoms with Crippen LogP contribution in [0.15, 0.2) is 105 Å². The topological polar surface area (TPSA) is 239 Å². The molecule has 1 heterocycles. The number of amides is 2. The maximum absolute atomic E-state index is 13.4. The number of hydrogen-bond acceptors (Lipinski definition) is 14. The first kappa shape index (κ1) is 40.4. The minimum atomic E-state index is -5.16. The van der Waals surface area contributed by atoms with Crippen molar-refractivity contribution in [2.75, 3.05) is 25.9 Å². The summed E-state index contributed by atoms with van der Waals surface area (Å²) in [4.78, 5) is 51.6. The Hall–Kier alpha value is -5.26. The van der Waals surface area contributed by atoms with Gasteiger partial charge in [0.15, 0.2) is 0 Å². The van der Waals surface area contributed by atoms with Crippen LogP contribution in [0.2, 0.25) is 0 Å². The van der Waals surface area contributed by atoms with Crippen molar-refractivity contribution in [3.63, 3.8) is 0 Å². The number of anilines is 1. The predicted octanol–water partition coefficient (Wildman–Crippen LogP) is 2.04. The molecule has 0 aliphatic heterocycles. The lowest BCUT2D eigenvalue weighted by Gasteiger charge is -2.27. The number of nitrogen functional groups attached to an aromatic ring is 1. The maximum Gasteiger partial charge on any atom is 0.338 e. The van der Waals surface area contributed by atoms with Crippen LogP contribution >= 0.6 is 20.0 Å². The van der Waals surface area contributed by atoms with Crippen LogP contribution in [0.4, 0.5) is 5.69 Å². The van der Waals surface area contributed by atoms with Crippen LogP contribution in [0.25, 0.3) is 11.0 Å². The van der Waals surface area contributed by atoms with Crippen molar-refractivity contribution >= 4 is 80.4 Å². The third kappa shape index (κ3) is 8.74. The SMILES string of the molecule is COC(=O)c1ccc(C(=O)NCCNC(=O)CC(SOO[O-])C2C[CH-]c3c2c2ccc(N)c(S(=O)(=O)[O-])c2oc3=O)cc1P(c1ccccc1)c1ccccc1. The van der Waals surface area contributed by atoms with Gasteiger partial charge in [0.25, 0.3) is 5.91 Å². The number of carbonyl (C=O) groups is 3. The standard InChI is InChI=1S/C38H35N3O12PS2/c1-50-37(44)25-13-12-22(20-30(25)54(23-8-4-2-5-9-23)24-10-6-3-7-11-24)36(43)41-19-18-40-32(42)21-31(55-53-52-46)26-14-15-28-33(26)27-16-17-29(39)35(56(47,48)49)34(27)51-38(28)45/h2-13,15-17,20,26,31,46H,14,18-19,21,39H2,1H3,(H,40,42)(H,41,43)(H,47,48,49)/q-1/p-2. The van der Waals surface area contributed by atoms with Gasteiger partial charge in [0.1, 0.15) is 20.6 Å². The quantitative estimate of drug-likeness (QED) is 0.0131. The van der Waals surface area contributed by atoms with E-state index in [-0.39, 0.29) is 48.0 Å². The molecule has 15 nitrogen and oxygen atoms in total. The Morgan fingerprint density at radius 2 is 1.66 bits per heavy atom. The number of fused-ring (bicyclic) bond motifs is 3. The number of nitrogens with one attached hydrogen (secondary N) is 2. The molecule has 2 atom stereocenters. The van der Waals surface area contributed by atoms with E-state index in [2.05, 4.69) is 20.0 Å². The highest BCUT2D eigenvalue weighted by atomic mass is 32.2. The summed E-state index contributed by atoms with van der Waals surface area (Å²) in [6.07, 6.45) is 1.43. The first-order valence-electron chi connectivity index (χ1n) is 16.9. The van der Waals surface area contributed by atoms with Crippen molar-refractivity contribution in [1.82, 2.24) is 10.6 Å². The molecule has 1 aliphatic rings. The molecule has 1 aliphatic carbocycles. The second-order valence-corrected chi connectivity index (χ2v) is 16.8. The number of hydrogen-bond donors (Lipinski definition) is 3. The molecule has 1 aromatic heterocycles. The fraction of sp³-hybridized carbons (Fsp3) is 0.184. The van der Waals surface area contributed by atoms with Crippen molar-refractivity contribution in [2.45, 2.75) is 28.9 Å². The monoisotopic (exact) mass is 818 g/mol. The van der Waals surface area contributed by atoms with E-state index in [0.29, 0.717) is 22.9 Å². The van der Waals surface area contributed by atoms with Gasteiger partial charge in [-0.15, -0.1) is 11.1 Å². The van der Waals surface area contributed by atoms with Crippen molar-refractivity contribution in [3.8, 4) is 0 Å². The van der Waals surface area contributed by atoms with Crippen molar-refractivity contribution in [3.05, 3.63) is 130 Å². The number of benzene rings is 4. The van der Waals surface area contributed by atoms with E-state index in [1.54, 1.807) is 12.1 Å². The van der Waals surface area contributed by atoms with Gasteiger partial charge >= 0.3 is 5.97 Å². The highest BCUT2D eigenvalue weighted by molar-refractivity contribution is 7.95. The fourth-order valence-corrected chi connectivity index (χ4v) is 10.6. The van der Waals surface area contributed by atoms with Gasteiger partial charge in [0.05, 0.1) is 18.4 Å². The van der Waals surface area contributed by atoms with E-state index < -0.39 is 68.8 Å². The second-order valence-electron chi connectivity index (χ2n) is 12.4. The van der Waals surface area contributed by atoms with Crippen LogP contribution in [0.1, 0.15) is 50.6 Å². The smallest absolute Gasteiger partial charge is 0.338 e. The van der Waals surface area contributed by atoms with Gasteiger partial charge in [-0.1, -0.05) is 79.1 Å². The zero-order valence-corrected chi connectivity index (χ0v) is 32.0. The van der Waals surface area contributed by atoms with Gasteiger partial charge in [-0.3, -0.25) is 14.6 Å². The van der Waals surface area contributed by atoms with E-state index in [0.717, 1.165) is 10.6 Å². The highest BCUT2D eigenvalue weighted by Crippen LogP contribution is 2.46. The van der Waals surface area contributed by atoms with Crippen LogP contribution in [0, 0.1) is 6.42 Å². The molecule has 0 saturated carbocycles. The highest BCUT2D eigenvalue weighted by Gasteiger charge is 2.32. The summed E-state index contributed by atoms with van der Waals surface area (Å²) < 4.78 is 51.1. The molecule has 0 bridgehead atoms. The van der Waals surface area contributed by atoms with Gasteiger partial charge in [-0.2, -0.15) is 10.8 Å². The predicted molar refractivity (Wildman–Crippen MR) is 206 cm³/mol. The third-order valence-electron chi connectivity index (χ3n) is 9.03. The van der Waals surface area contributed by atoms with Gasteiger partial charge in [0.2, 0.25) is 11.5 Å². The maximum atomic E-state index is 13.4. The summed E-state index contributed by atoms with van der Waals surface area (Å²) in [5, 5.41) is 21.6. The molecule has 56 heavy (non-hydrogen) atoms. The summed E-state index contributed by atoms with van der Waals surface area (Å²) >= 11 is 0.530. The van der Waals surface area contributed by atoms with Gasteiger partial charge < -0.3 is 40.1 Å². The Bertz CT molecular complexity index is 2390. The first-order valence-corrected chi connectivity index (χ1v) is 20.5. The lowest BCUT2D eigenvalue weighted by Crippen LogP contribution is -2.36. The Kier molecular flexibility index (Phi) is 12.8. The average Bonchev–Trinajstić information content (AvgIpc) is 3.64. The normalized spacial score (nSPS) is 14.2. The molecule has 5 aromatic rings. The second kappa shape index (κ2) is 17.7. The number of ether oxygens (including phenoxy) is 1. The van der Waals surface area contributed by atoms with Crippen molar-refractivity contribution in [2.24, 2.45) is 0 Å². The van der Waals surface area contributed by atoms with Gasteiger partial charge in [0, 0.05) is 47.7 Å². The number of rotatable bonds is 15. The molecule has 6 rings (SSSR count). The van der Waals surface area contributed by atoms with Crippen LogP contribution in [-0.4, -0.2) is 56.2 Å². The molecule has 4 N–H and O–H groups in total. The Morgan fingerprint density at radius 3 is 2.29 bits per heavy atom. The van der Waals surface area contributed by atoms with Gasteiger partial charge in [-0.25, -0.2) is 13.2 Å². The van der Waals surface area contributed by atoms with Crippen molar-refractivity contribution in [1.29, 1.82) is 0 Å². The Morgan fingerprint density at radius 1 is 1.00 bits per heavy atom. The summed E-state index contributed by atoms with van der Waals surface area (Å²) in [6.45, 7) is 0.0149. The van der Waals surface area contributed by atoms with E-state index in [9.17, 15) is 37.4 Å². The van der Waals surface area contributed by atoms with Gasteiger partial charge in [-0.05, 0) is 48.2 Å². The summed E-state index contributed by atoms with van der Waals surface area (Å²) in [5.74, 6) is -2.21. The molecule has 4 aromatic carbocycles. The van der Waals surface area contributed by atoms with Crippen LogP contribution < -0.4 is 43.2 Å². The Balaban J connectivity index is 1.17. The molecule has 0 fully saturated rings. The molecule has 0 saturated heterocycles. The minimum absolute atomic E-state index is 0.00138. The van der Waals surface area contributed by atoms with E-state index >= 15 is 0 Å². The molecular formula is C38H33N3O12PS2-3. The molecule has 292 valence electrons. The third-order valence-corrected chi connectivity index (χ3v) is 13.3. The Labute approximate surface area is 326 Å². The van der Waals surface area contributed by atoms with Crippen LogP contribution in [-0.2, 0) is 29.0 Å². The number of methoxy groups -OCH3 is 1. The molecule has 0 spiro atoms. The van der Waals surface area contributed by atoms with Crippen LogP contribution in [0.5, 0.6) is 0 Å². The number of esters is 1. The first-order chi connectivity index (χ1) is 26.9. The largest absolute Gasteiger partial charge is 0.744 e. The minimum Gasteiger partial charge on any atom is -0.744 e. The molecule has 2 unspecified atom stereocenters. The van der Waals surface area contributed by atoms with Crippen molar-refractivity contribution < 1.29 is 51.1 Å². The zero-order chi connectivity index (χ0) is 40.0. The van der Waals surface area contributed by atoms with E-state index in [1.165, 1.54) is 31.7 Å². The molecule has 2 amide bonds. The lowest BCUT2D eigenvalue weighted by atomic mass is 9.92. The molecular weight excluding hydrogens is 786 g/mol. The van der Waals surface area contributed by atoms with E-state index in [4.69, 9.17) is 14.9 Å². The van der Waals surface area contributed by atoms with E-state index in [1.807, 2.05) is 60.7 Å². The average molecular weight is 819 g/mol. The molecule has 0 radical (unpaired) electrons. The fourth-order valence-electron chi connectivity index (χ4n) is 6.61.